The van der Waals surface area contributed by atoms with Crippen LogP contribution in [0.15, 0.2) is 66.5 Å². The molecule has 0 amide bonds. The summed E-state index contributed by atoms with van der Waals surface area (Å²) in [5, 5.41) is 0.543. The maximum absolute atomic E-state index is 15.2. The van der Waals surface area contributed by atoms with Crippen molar-refractivity contribution in [1.29, 1.82) is 0 Å². The second-order valence-electron chi connectivity index (χ2n) is 10.8. The number of nitrogens with zero attached hydrogens (tertiary/aromatic N) is 4. The Labute approximate surface area is 219 Å². The van der Waals surface area contributed by atoms with E-state index in [0.717, 1.165) is 5.56 Å². The predicted molar refractivity (Wildman–Crippen MR) is 141 cm³/mol. The topological polar surface area (TPSA) is 60.1 Å². The van der Waals surface area contributed by atoms with Crippen LogP contribution in [0, 0.1) is 29.5 Å². The SMILES string of the molecule is [C-]#[N+]C1=C[C@@]2(C)c3nc(-c4ccnc5c(F)cccc45)nc(-c4ccccc4F)c3CC[C@@H]2C(C)(C)C1=O. The van der Waals surface area contributed by atoms with Crippen LogP contribution in [-0.4, -0.2) is 20.7 Å². The fraction of sp³-hybridized carbons (Fsp3) is 0.258. The molecular formula is C31H24F2N4O. The number of fused-ring (bicyclic) bond motifs is 4. The Kier molecular flexibility index (Phi) is 5.29. The molecule has 0 N–H and O–H groups in total. The predicted octanol–water partition coefficient (Wildman–Crippen LogP) is 6.87. The van der Waals surface area contributed by atoms with Crippen LogP contribution in [0.2, 0.25) is 0 Å². The van der Waals surface area contributed by atoms with Crippen molar-refractivity contribution in [1.82, 2.24) is 15.0 Å². The molecule has 38 heavy (non-hydrogen) atoms. The van der Waals surface area contributed by atoms with Crippen molar-refractivity contribution in [2.75, 3.05) is 0 Å². The van der Waals surface area contributed by atoms with E-state index >= 15 is 4.39 Å². The van der Waals surface area contributed by atoms with Crippen molar-refractivity contribution in [3.05, 3.63) is 101 Å². The van der Waals surface area contributed by atoms with Crippen molar-refractivity contribution >= 4 is 16.7 Å². The summed E-state index contributed by atoms with van der Waals surface area (Å²) in [5.74, 6) is -0.843. The summed E-state index contributed by atoms with van der Waals surface area (Å²) in [7, 11) is 0. The summed E-state index contributed by atoms with van der Waals surface area (Å²) in [6.45, 7) is 13.5. The standard InChI is InChI=1S/C31H24F2N4O/c1-30(2)24-13-12-20-25(19-8-5-6-10-21(19)32)36-29(18-14-15-35-26-17(18)9-7-11-22(26)33)37-27(20)31(24,3)16-23(34-4)28(30)38/h5-11,14-16,24H,12-13H2,1-3H3/t24-,31-/m1/s1. The Morgan fingerprint density at radius 2 is 1.74 bits per heavy atom. The molecule has 0 saturated heterocycles. The summed E-state index contributed by atoms with van der Waals surface area (Å²) < 4.78 is 29.8. The van der Waals surface area contributed by atoms with Gasteiger partial charge < -0.3 is 4.79 Å². The van der Waals surface area contributed by atoms with Gasteiger partial charge >= 0.3 is 0 Å². The number of benzene rings is 2. The lowest BCUT2D eigenvalue weighted by Crippen LogP contribution is -2.51. The van der Waals surface area contributed by atoms with Gasteiger partial charge in [-0.25, -0.2) is 23.6 Å². The average molecular weight is 507 g/mol. The van der Waals surface area contributed by atoms with E-state index in [9.17, 15) is 9.18 Å². The van der Waals surface area contributed by atoms with Crippen molar-refractivity contribution in [3.8, 4) is 22.6 Å². The van der Waals surface area contributed by atoms with Crippen molar-refractivity contribution in [2.24, 2.45) is 11.3 Å². The van der Waals surface area contributed by atoms with E-state index in [0.29, 0.717) is 46.6 Å². The number of hydrogen-bond donors (Lipinski definition) is 0. The second kappa shape index (κ2) is 8.35. The largest absolute Gasteiger partial charge is 0.307 e. The Hall–Kier alpha value is -4.31. The minimum Gasteiger partial charge on any atom is -0.307 e. The van der Waals surface area contributed by atoms with Crippen LogP contribution in [0.3, 0.4) is 0 Å². The van der Waals surface area contributed by atoms with Crippen LogP contribution < -0.4 is 0 Å². The number of hydrogen-bond acceptors (Lipinski definition) is 4. The third kappa shape index (κ3) is 3.33. The highest BCUT2D eigenvalue weighted by atomic mass is 19.1. The highest BCUT2D eigenvalue weighted by Crippen LogP contribution is 2.55. The fourth-order valence-electron chi connectivity index (χ4n) is 6.45. The second-order valence-corrected chi connectivity index (χ2v) is 10.8. The van der Waals surface area contributed by atoms with Crippen molar-refractivity contribution < 1.29 is 13.6 Å². The van der Waals surface area contributed by atoms with Crippen LogP contribution >= 0.6 is 0 Å². The Morgan fingerprint density at radius 1 is 0.974 bits per heavy atom. The lowest BCUT2D eigenvalue weighted by molar-refractivity contribution is -0.128. The molecule has 6 rings (SSSR count). The molecule has 2 aromatic carbocycles. The maximum atomic E-state index is 15.2. The number of carbonyl (C=O) groups excluding carboxylic acids is 1. The van der Waals surface area contributed by atoms with Gasteiger partial charge in [-0.1, -0.05) is 51.1 Å². The molecule has 0 radical (unpaired) electrons. The van der Waals surface area contributed by atoms with Gasteiger partial charge in [0.25, 0.3) is 0 Å². The van der Waals surface area contributed by atoms with E-state index in [1.54, 1.807) is 42.5 Å². The number of para-hydroxylation sites is 1. The van der Waals surface area contributed by atoms with E-state index in [1.807, 2.05) is 20.8 Å². The third-order valence-corrected chi connectivity index (χ3v) is 8.26. The molecule has 2 aromatic heterocycles. The van der Waals surface area contributed by atoms with Crippen LogP contribution in [0.4, 0.5) is 8.78 Å². The Morgan fingerprint density at radius 3 is 2.50 bits per heavy atom. The number of pyridine rings is 1. The maximum Gasteiger partial charge on any atom is 0.226 e. The quantitative estimate of drug-likeness (QED) is 0.279. The van der Waals surface area contributed by atoms with Crippen LogP contribution in [-0.2, 0) is 16.6 Å². The van der Waals surface area contributed by atoms with Gasteiger partial charge in [0.05, 0.1) is 18.0 Å². The third-order valence-electron chi connectivity index (χ3n) is 8.26. The van der Waals surface area contributed by atoms with Gasteiger partial charge in [0.1, 0.15) is 17.2 Å². The molecule has 2 aliphatic carbocycles. The zero-order valence-corrected chi connectivity index (χ0v) is 21.2. The van der Waals surface area contributed by atoms with Crippen LogP contribution in [0.5, 0.6) is 0 Å². The lowest BCUT2D eigenvalue weighted by Gasteiger charge is -2.50. The molecule has 0 unspecified atom stereocenters. The number of carbonyl (C=O) groups is 1. The van der Waals surface area contributed by atoms with E-state index in [2.05, 4.69) is 9.83 Å². The molecule has 0 fully saturated rings. The van der Waals surface area contributed by atoms with Crippen molar-refractivity contribution in [3.63, 3.8) is 0 Å². The molecule has 0 spiro atoms. The van der Waals surface area contributed by atoms with Crippen LogP contribution in [0.1, 0.15) is 38.4 Å². The first-order chi connectivity index (χ1) is 18.2. The van der Waals surface area contributed by atoms with E-state index in [-0.39, 0.29) is 22.9 Å². The number of ketones is 1. The molecule has 4 aromatic rings. The Bertz CT molecular complexity index is 1740. The lowest BCUT2D eigenvalue weighted by atomic mass is 9.53. The van der Waals surface area contributed by atoms with E-state index < -0.39 is 22.5 Å². The van der Waals surface area contributed by atoms with Gasteiger partial charge in [-0.15, -0.1) is 0 Å². The van der Waals surface area contributed by atoms with E-state index in [1.165, 1.54) is 18.3 Å². The van der Waals surface area contributed by atoms with Crippen molar-refractivity contribution in [2.45, 2.75) is 39.0 Å². The van der Waals surface area contributed by atoms with Gasteiger partial charge in [0.2, 0.25) is 5.70 Å². The minimum absolute atomic E-state index is 0.0886. The number of rotatable bonds is 2. The van der Waals surface area contributed by atoms with Gasteiger partial charge in [0.15, 0.2) is 11.6 Å². The summed E-state index contributed by atoms with van der Waals surface area (Å²) in [6, 6.07) is 12.9. The van der Waals surface area contributed by atoms with Crippen LogP contribution in [0.25, 0.3) is 38.4 Å². The minimum atomic E-state index is -0.781. The van der Waals surface area contributed by atoms with Gasteiger partial charge in [-0.05, 0) is 43.0 Å². The number of halogens is 2. The van der Waals surface area contributed by atoms with E-state index in [4.69, 9.17) is 16.5 Å². The molecule has 7 heteroatoms. The first-order valence-corrected chi connectivity index (χ1v) is 12.5. The summed E-state index contributed by atoms with van der Waals surface area (Å²) in [4.78, 5) is 30.9. The zero-order valence-electron chi connectivity index (χ0n) is 21.2. The molecule has 2 heterocycles. The summed E-state index contributed by atoms with van der Waals surface area (Å²) >= 11 is 0. The summed E-state index contributed by atoms with van der Waals surface area (Å²) in [5.41, 5.74) is 1.59. The van der Waals surface area contributed by atoms with Gasteiger partial charge in [0, 0.05) is 39.1 Å². The molecule has 2 atom stereocenters. The molecule has 0 saturated carbocycles. The molecule has 0 aliphatic heterocycles. The normalized spacial score (nSPS) is 21.8. The summed E-state index contributed by atoms with van der Waals surface area (Å²) in [6.07, 6.45) is 4.47. The molecule has 188 valence electrons. The first-order valence-electron chi connectivity index (χ1n) is 12.5. The molecule has 0 bridgehead atoms. The highest BCUT2D eigenvalue weighted by Gasteiger charge is 2.55. The molecule has 2 aliphatic rings. The molecule has 5 nitrogen and oxygen atoms in total. The highest BCUT2D eigenvalue weighted by molar-refractivity contribution is 6.03. The zero-order chi connectivity index (χ0) is 26.8. The fourth-order valence-corrected chi connectivity index (χ4v) is 6.45. The molecular weight excluding hydrogens is 482 g/mol. The van der Waals surface area contributed by atoms with Gasteiger partial charge in [-0.2, -0.15) is 0 Å². The first kappa shape index (κ1) is 24.1. The Balaban J connectivity index is 1.71. The number of allylic oxidation sites excluding steroid dienone is 2. The number of Topliss-reactive ketones (excluding diaryl/α,β-unsaturated/α-hetero) is 1. The number of aromatic nitrogens is 3. The average Bonchev–Trinajstić information content (AvgIpc) is 2.91. The smallest absolute Gasteiger partial charge is 0.226 e. The monoisotopic (exact) mass is 506 g/mol. The van der Waals surface area contributed by atoms with Gasteiger partial charge in [-0.3, -0.25) is 4.98 Å².